The van der Waals surface area contributed by atoms with Gasteiger partial charge in [-0.25, -0.2) is 0 Å². The van der Waals surface area contributed by atoms with Crippen LogP contribution in [-0.4, -0.2) is 51.2 Å². The van der Waals surface area contributed by atoms with E-state index in [9.17, 15) is 4.79 Å². The zero-order valence-electron chi connectivity index (χ0n) is 16.0. The van der Waals surface area contributed by atoms with Gasteiger partial charge in [-0.3, -0.25) is 14.4 Å². The van der Waals surface area contributed by atoms with Crippen LogP contribution in [0.15, 0.2) is 6.07 Å². The monoisotopic (exact) mass is 379 g/mol. The average Bonchev–Trinajstić information content (AvgIpc) is 2.94. The molecule has 1 aromatic heterocycles. The fourth-order valence-corrected chi connectivity index (χ4v) is 4.57. The molecule has 1 aliphatic heterocycles. The number of hydrogen-bond donors (Lipinski definition) is 2. The molecule has 0 unspecified atom stereocenters. The van der Waals surface area contributed by atoms with E-state index < -0.39 is 6.04 Å². The first-order valence-electron chi connectivity index (χ1n) is 9.99. The molecule has 0 spiro atoms. The lowest BCUT2D eigenvalue weighted by atomic mass is 9.94. The minimum Gasteiger partial charge on any atom is -0.349 e. The minimum absolute atomic E-state index is 0.0777. The Morgan fingerprint density at radius 1 is 1.35 bits per heavy atom. The number of carbonyl (C=O) groups excluding carboxylic acids is 1. The predicted molar refractivity (Wildman–Crippen MR) is 107 cm³/mol. The second-order valence-electron chi connectivity index (χ2n) is 7.57. The molecule has 26 heavy (non-hydrogen) atoms. The largest absolute Gasteiger partial charge is 0.349 e. The van der Waals surface area contributed by atoms with Gasteiger partial charge in [-0.1, -0.05) is 19.3 Å². The lowest BCUT2D eigenvalue weighted by Gasteiger charge is -2.33. The molecule has 3 rings (SSSR count). The van der Waals surface area contributed by atoms with Crippen LogP contribution in [0.2, 0.25) is 0 Å². The van der Waals surface area contributed by atoms with E-state index in [4.69, 9.17) is 10.8 Å². The summed E-state index contributed by atoms with van der Waals surface area (Å²) in [5, 5.41) is 7.66. The summed E-state index contributed by atoms with van der Waals surface area (Å²) in [5.41, 5.74) is 8.15. The van der Waals surface area contributed by atoms with Crippen molar-refractivity contribution >= 4 is 17.7 Å². The standard InChI is InChI=1S/C19H33N5OS/c1-26-11-8-18(20)19(25)21-13-15-12-17-14-23(9-5-10-24(17)22-15)16-6-3-2-4-7-16/h12,16,18H,2-11,13-14,20H2,1H3,(H,21,25)/t18-/m0/s1. The van der Waals surface area contributed by atoms with Gasteiger partial charge in [0, 0.05) is 25.7 Å². The van der Waals surface area contributed by atoms with Crippen LogP contribution < -0.4 is 11.1 Å². The number of rotatable bonds is 7. The van der Waals surface area contributed by atoms with Crippen molar-refractivity contribution in [2.75, 3.05) is 18.6 Å². The molecule has 3 N–H and O–H groups in total. The number of nitrogens with zero attached hydrogens (tertiary/aromatic N) is 3. The summed E-state index contributed by atoms with van der Waals surface area (Å²) in [4.78, 5) is 14.7. The SMILES string of the molecule is CSCC[C@H](N)C(=O)NCc1cc2n(n1)CCCN(C1CCCCC1)C2. The maximum Gasteiger partial charge on any atom is 0.237 e. The summed E-state index contributed by atoms with van der Waals surface area (Å²) in [6, 6.07) is 2.47. The van der Waals surface area contributed by atoms with Gasteiger partial charge < -0.3 is 11.1 Å². The third-order valence-electron chi connectivity index (χ3n) is 5.60. The van der Waals surface area contributed by atoms with Gasteiger partial charge in [0.05, 0.1) is 24.0 Å². The lowest BCUT2D eigenvalue weighted by Crippen LogP contribution is -2.40. The number of nitrogens with one attached hydrogen (secondary N) is 1. The van der Waals surface area contributed by atoms with Crippen LogP contribution in [0.1, 0.15) is 56.3 Å². The van der Waals surface area contributed by atoms with E-state index in [1.807, 2.05) is 6.26 Å². The molecule has 1 atom stereocenters. The van der Waals surface area contributed by atoms with E-state index >= 15 is 0 Å². The molecule has 1 aromatic rings. The van der Waals surface area contributed by atoms with Crippen molar-refractivity contribution in [1.82, 2.24) is 20.0 Å². The first kappa shape index (κ1) is 19.7. The van der Waals surface area contributed by atoms with Crippen molar-refractivity contribution in [3.63, 3.8) is 0 Å². The van der Waals surface area contributed by atoms with E-state index in [1.54, 1.807) is 11.8 Å². The predicted octanol–water partition coefficient (Wildman–Crippen LogP) is 2.12. The van der Waals surface area contributed by atoms with Gasteiger partial charge in [0.15, 0.2) is 0 Å². The third kappa shape index (κ3) is 5.24. The molecule has 0 saturated heterocycles. The highest BCUT2D eigenvalue weighted by Gasteiger charge is 2.24. The van der Waals surface area contributed by atoms with E-state index in [1.165, 1.54) is 44.3 Å². The Morgan fingerprint density at radius 3 is 2.92 bits per heavy atom. The van der Waals surface area contributed by atoms with Gasteiger partial charge >= 0.3 is 0 Å². The Balaban J connectivity index is 1.55. The highest BCUT2D eigenvalue weighted by molar-refractivity contribution is 7.98. The van der Waals surface area contributed by atoms with Crippen LogP contribution in [0.25, 0.3) is 0 Å². The number of aryl methyl sites for hydroxylation is 1. The second-order valence-corrected chi connectivity index (χ2v) is 8.56. The van der Waals surface area contributed by atoms with Crippen molar-refractivity contribution in [2.45, 2.75) is 76.7 Å². The summed E-state index contributed by atoms with van der Waals surface area (Å²) >= 11 is 1.71. The van der Waals surface area contributed by atoms with Crippen LogP contribution in [0, 0.1) is 0 Å². The normalized spacial score (nSPS) is 20.4. The molecular formula is C19H33N5OS. The molecule has 1 fully saturated rings. The molecule has 1 saturated carbocycles. The summed E-state index contributed by atoms with van der Waals surface area (Å²) in [6.07, 6.45) is 10.7. The van der Waals surface area contributed by atoms with Crippen LogP contribution in [0.3, 0.4) is 0 Å². The Kier molecular flexibility index (Phi) is 7.40. The highest BCUT2D eigenvalue weighted by atomic mass is 32.2. The van der Waals surface area contributed by atoms with Crippen molar-refractivity contribution < 1.29 is 4.79 Å². The van der Waals surface area contributed by atoms with Gasteiger partial charge in [0.1, 0.15) is 0 Å². The highest BCUT2D eigenvalue weighted by Crippen LogP contribution is 2.25. The topological polar surface area (TPSA) is 76.2 Å². The Hall–Kier alpha value is -1.05. The molecule has 146 valence electrons. The molecule has 6 nitrogen and oxygen atoms in total. The number of aromatic nitrogens is 2. The number of carbonyl (C=O) groups is 1. The van der Waals surface area contributed by atoms with Crippen molar-refractivity contribution in [2.24, 2.45) is 5.73 Å². The molecule has 7 heteroatoms. The van der Waals surface area contributed by atoms with E-state index in [0.29, 0.717) is 13.0 Å². The number of amides is 1. The molecule has 0 radical (unpaired) electrons. The van der Waals surface area contributed by atoms with Gasteiger partial charge in [0.2, 0.25) is 5.91 Å². The number of nitrogens with two attached hydrogens (primary N) is 1. The van der Waals surface area contributed by atoms with E-state index in [0.717, 1.165) is 37.0 Å². The van der Waals surface area contributed by atoms with Gasteiger partial charge in [-0.15, -0.1) is 0 Å². The number of fused-ring (bicyclic) bond motifs is 1. The van der Waals surface area contributed by atoms with Crippen LogP contribution >= 0.6 is 11.8 Å². The summed E-state index contributed by atoms with van der Waals surface area (Å²) < 4.78 is 2.14. The maximum absolute atomic E-state index is 12.1. The molecule has 1 aliphatic carbocycles. The summed E-state index contributed by atoms with van der Waals surface area (Å²) in [6.45, 7) is 3.60. The van der Waals surface area contributed by atoms with Crippen LogP contribution in [0.4, 0.5) is 0 Å². The molecule has 1 amide bonds. The van der Waals surface area contributed by atoms with Gasteiger partial charge in [-0.05, 0) is 43.8 Å². The average molecular weight is 380 g/mol. The maximum atomic E-state index is 12.1. The molecule has 0 bridgehead atoms. The third-order valence-corrected chi connectivity index (χ3v) is 6.24. The summed E-state index contributed by atoms with van der Waals surface area (Å²) in [5.74, 6) is 0.829. The zero-order valence-corrected chi connectivity index (χ0v) is 16.8. The molecular weight excluding hydrogens is 346 g/mol. The zero-order chi connectivity index (χ0) is 18.4. The van der Waals surface area contributed by atoms with Gasteiger partial charge in [0.25, 0.3) is 0 Å². The molecule has 2 aliphatic rings. The molecule has 0 aromatic carbocycles. The summed E-state index contributed by atoms with van der Waals surface area (Å²) in [7, 11) is 0. The van der Waals surface area contributed by atoms with Crippen molar-refractivity contribution in [3.8, 4) is 0 Å². The lowest BCUT2D eigenvalue weighted by molar-refractivity contribution is -0.122. The first-order chi connectivity index (χ1) is 12.7. The fourth-order valence-electron chi connectivity index (χ4n) is 4.08. The second kappa shape index (κ2) is 9.76. The minimum atomic E-state index is -0.426. The number of hydrogen-bond acceptors (Lipinski definition) is 5. The molecule has 2 heterocycles. The first-order valence-corrected chi connectivity index (χ1v) is 11.4. The van der Waals surface area contributed by atoms with Crippen LogP contribution in [0.5, 0.6) is 0 Å². The van der Waals surface area contributed by atoms with Crippen LogP contribution in [-0.2, 0) is 24.4 Å². The quantitative estimate of drug-likeness (QED) is 0.759. The number of thioether (sulfide) groups is 1. The van der Waals surface area contributed by atoms with Crippen molar-refractivity contribution in [3.05, 3.63) is 17.5 Å². The Morgan fingerprint density at radius 2 is 2.15 bits per heavy atom. The fraction of sp³-hybridized carbons (Fsp3) is 0.789. The van der Waals surface area contributed by atoms with Gasteiger partial charge in [-0.2, -0.15) is 16.9 Å². The van der Waals surface area contributed by atoms with E-state index in [2.05, 4.69) is 21.0 Å². The van der Waals surface area contributed by atoms with E-state index in [-0.39, 0.29) is 5.91 Å². The van der Waals surface area contributed by atoms with Crippen molar-refractivity contribution in [1.29, 1.82) is 0 Å². The Bertz CT molecular complexity index is 584. The Labute approximate surface area is 161 Å². The smallest absolute Gasteiger partial charge is 0.237 e.